The molecule has 2 heterocycles. The van der Waals surface area contributed by atoms with Gasteiger partial charge in [-0.25, -0.2) is 0 Å². The average molecular weight is 237 g/mol. The van der Waals surface area contributed by atoms with E-state index < -0.39 is 0 Å². The van der Waals surface area contributed by atoms with Gasteiger partial charge in [-0.3, -0.25) is 4.68 Å². The van der Waals surface area contributed by atoms with Gasteiger partial charge >= 0.3 is 0 Å². The number of nitrogens with one attached hydrogen (secondary N) is 1. The number of ether oxygens (including phenoxy) is 1. The normalized spacial score (nSPS) is 20.6. The fourth-order valence-electron chi connectivity index (χ4n) is 2.25. The molecule has 1 atom stereocenters. The lowest BCUT2D eigenvalue weighted by Crippen LogP contribution is -2.32. The Morgan fingerprint density at radius 1 is 1.53 bits per heavy atom. The van der Waals surface area contributed by atoms with Crippen LogP contribution in [0.1, 0.15) is 38.3 Å². The van der Waals surface area contributed by atoms with Crippen molar-refractivity contribution in [2.24, 2.45) is 0 Å². The molecule has 96 valence electrons. The van der Waals surface area contributed by atoms with E-state index in [1.54, 1.807) is 0 Å². The van der Waals surface area contributed by atoms with Gasteiger partial charge in [0.2, 0.25) is 0 Å². The lowest BCUT2D eigenvalue weighted by molar-refractivity contribution is 0.0167. The molecule has 1 unspecified atom stereocenters. The highest BCUT2D eigenvalue weighted by Crippen LogP contribution is 2.11. The van der Waals surface area contributed by atoms with Gasteiger partial charge in [0.25, 0.3) is 0 Å². The van der Waals surface area contributed by atoms with E-state index in [0.717, 1.165) is 32.7 Å². The van der Waals surface area contributed by atoms with Gasteiger partial charge in [0, 0.05) is 32.4 Å². The van der Waals surface area contributed by atoms with Crippen LogP contribution >= 0.6 is 0 Å². The molecule has 1 aromatic rings. The molecule has 2 rings (SSSR count). The van der Waals surface area contributed by atoms with Crippen LogP contribution in [0.5, 0.6) is 0 Å². The van der Waals surface area contributed by atoms with Crippen LogP contribution in [0.2, 0.25) is 0 Å². The number of aryl methyl sites for hydroxylation is 1. The molecule has 0 spiro atoms. The molecule has 1 aliphatic heterocycles. The fourth-order valence-corrected chi connectivity index (χ4v) is 2.25. The van der Waals surface area contributed by atoms with Crippen LogP contribution in [0.4, 0.5) is 0 Å². The molecule has 1 fully saturated rings. The number of nitrogens with zero attached hydrogens (tertiary/aromatic N) is 2. The molecule has 1 saturated heterocycles. The van der Waals surface area contributed by atoms with Crippen molar-refractivity contribution in [2.75, 3.05) is 13.2 Å². The summed E-state index contributed by atoms with van der Waals surface area (Å²) in [5, 5.41) is 7.79. The Morgan fingerprint density at radius 2 is 2.47 bits per heavy atom. The molecule has 0 amide bonds. The quantitative estimate of drug-likeness (QED) is 0.822. The second-order valence-electron chi connectivity index (χ2n) is 4.67. The number of rotatable bonds is 6. The highest BCUT2D eigenvalue weighted by atomic mass is 16.5. The maximum absolute atomic E-state index is 5.69. The van der Waals surface area contributed by atoms with Crippen molar-refractivity contribution in [3.8, 4) is 0 Å². The first kappa shape index (κ1) is 12.6. The molecule has 0 aliphatic carbocycles. The highest BCUT2D eigenvalue weighted by molar-refractivity contribution is 5.00. The van der Waals surface area contributed by atoms with Gasteiger partial charge in [0.15, 0.2) is 0 Å². The standard InChI is InChI=1S/C13H23N3O/c1-2-8-16-12(6-7-15-16)10-14-11-13-5-3-4-9-17-13/h6-7,13-14H,2-5,8-11H2,1H3. The van der Waals surface area contributed by atoms with Crippen LogP contribution in [-0.4, -0.2) is 29.0 Å². The predicted molar refractivity (Wildman–Crippen MR) is 67.8 cm³/mol. The predicted octanol–water partition coefficient (Wildman–Crippen LogP) is 1.95. The Bertz CT molecular complexity index is 318. The summed E-state index contributed by atoms with van der Waals surface area (Å²) >= 11 is 0. The van der Waals surface area contributed by atoms with Crippen LogP contribution in [0.3, 0.4) is 0 Å². The fraction of sp³-hybridized carbons (Fsp3) is 0.769. The minimum Gasteiger partial charge on any atom is -0.377 e. The van der Waals surface area contributed by atoms with Crippen molar-refractivity contribution in [1.82, 2.24) is 15.1 Å². The molecule has 0 aromatic carbocycles. The van der Waals surface area contributed by atoms with Crippen LogP contribution in [0.25, 0.3) is 0 Å². The zero-order valence-corrected chi connectivity index (χ0v) is 10.7. The topological polar surface area (TPSA) is 39.1 Å². The largest absolute Gasteiger partial charge is 0.377 e. The van der Waals surface area contributed by atoms with Gasteiger partial charge in [0.1, 0.15) is 0 Å². The van der Waals surface area contributed by atoms with Gasteiger partial charge in [-0.1, -0.05) is 6.92 Å². The van der Waals surface area contributed by atoms with E-state index in [0.29, 0.717) is 6.10 Å². The first-order chi connectivity index (χ1) is 8.40. The Morgan fingerprint density at radius 3 is 3.24 bits per heavy atom. The summed E-state index contributed by atoms with van der Waals surface area (Å²) in [5.74, 6) is 0. The van der Waals surface area contributed by atoms with Crippen molar-refractivity contribution in [3.63, 3.8) is 0 Å². The Balaban J connectivity index is 1.71. The van der Waals surface area contributed by atoms with Gasteiger partial charge < -0.3 is 10.1 Å². The third-order valence-corrected chi connectivity index (χ3v) is 3.19. The van der Waals surface area contributed by atoms with Crippen molar-refractivity contribution >= 4 is 0 Å². The molecule has 1 aliphatic rings. The summed E-state index contributed by atoms with van der Waals surface area (Å²) < 4.78 is 7.77. The zero-order chi connectivity index (χ0) is 11.9. The maximum Gasteiger partial charge on any atom is 0.0699 e. The average Bonchev–Trinajstić information content (AvgIpc) is 2.79. The van der Waals surface area contributed by atoms with E-state index in [4.69, 9.17) is 4.74 Å². The van der Waals surface area contributed by atoms with E-state index in [-0.39, 0.29) is 0 Å². The van der Waals surface area contributed by atoms with E-state index in [1.165, 1.54) is 25.0 Å². The summed E-state index contributed by atoms with van der Waals surface area (Å²) in [6, 6.07) is 2.09. The number of hydrogen-bond acceptors (Lipinski definition) is 3. The maximum atomic E-state index is 5.69. The van der Waals surface area contributed by atoms with Gasteiger partial charge in [0.05, 0.1) is 11.8 Å². The molecule has 0 bridgehead atoms. The van der Waals surface area contributed by atoms with Gasteiger partial charge in [-0.05, 0) is 31.7 Å². The summed E-state index contributed by atoms with van der Waals surface area (Å²) in [7, 11) is 0. The molecule has 17 heavy (non-hydrogen) atoms. The molecule has 1 aromatic heterocycles. The van der Waals surface area contributed by atoms with Crippen LogP contribution in [0.15, 0.2) is 12.3 Å². The molecule has 4 nitrogen and oxygen atoms in total. The number of aromatic nitrogens is 2. The van der Waals surface area contributed by atoms with Crippen molar-refractivity contribution in [1.29, 1.82) is 0 Å². The Hall–Kier alpha value is -0.870. The van der Waals surface area contributed by atoms with Crippen molar-refractivity contribution in [2.45, 2.75) is 51.8 Å². The second-order valence-corrected chi connectivity index (χ2v) is 4.67. The Labute approximate surface area is 103 Å². The van der Waals surface area contributed by atoms with E-state index in [2.05, 4.69) is 28.1 Å². The summed E-state index contributed by atoms with van der Waals surface area (Å²) in [4.78, 5) is 0. The summed E-state index contributed by atoms with van der Waals surface area (Å²) in [5.41, 5.74) is 1.27. The molecule has 0 radical (unpaired) electrons. The van der Waals surface area contributed by atoms with Gasteiger partial charge in [-0.15, -0.1) is 0 Å². The molecular formula is C13H23N3O. The SMILES string of the molecule is CCCn1nccc1CNCC1CCCCO1. The van der Waals surface area contributed by atoms with Crippen LogP contribution in [0, 0.1) is 0 Å². The molecule has 0 saturated carbocycles. The third kappa shape index (κ3) is 3.82. The molecular weight excluding hydrogens is 214 g/mol. The zero-order valence-electron chi connectivity index (χ0n) is 10.7. The van der Waals surface area contributed by atoms with Crippen LogP contribution in [-0.2, 0) is 17.8 Å². The first-order valence-electron chi connectivity index (χ1n) is 6.73. The van der Waals surface area contributed by atoms with E-state index in [1.807, 2.05) is 6.20 Å². The van der Waals surface area contributed by atoms with Gasteiger partial charge in [-0.2, -0.15) is 5.10 Å². The highest BCUT2D eigenvalue weighted by Gasteiger charge is 2.13. The third-order valence-electron chi connectivity index (χ3n) is 3.19. The minimum absolute atomic E-state index is 0.409. The smallest absolute Gasteiger partial charge is 0.0699 e. The summed E-state index contributed by atoms with van der Waals surface area (Å²) in [6.45, 7) is 5.95. The Kier molecular flexibility index (Phi) is 5.01. The monoisotopic (exact) mass is 237 g/mol. The lowest BCUT2D eigenvalue weighted by atomic mass is 10.1. The lowest BCUT2D eigenvalue weighted by Gasteiger charge is -2.22. The first-order valence-corrected chi connectivity index (χ1v) is 6.73. The van der Waals surface area contributed by atoms with Crippen molar-refractivity contribution < 1.29 is 4.74 Å². The molecule has 4 heteroatoms. The van der Waals surface area contributed by atoms with E-state index >= 15 is 0 Å². The second kappa shape index (κ2) is 6.77. The summed E-state index contributed by atoms with van der Waals surface area (Å²) in [6.07, 6.45) is 7.14. The van der Waals surface area contributed by atoms with Crippen molar-refractivity contribution in [3.05, 3.63) is 18.0 Å². The number of hydrogen-bond donors (Lipinski definition) is 1. The minimum atomic E-state index is 0.409. The van der Waals surface area contributed by atoms with E-state index in [9.17, 15) is 0 Å². The van der Waals surface area contributed by atoms with Crippen LogP contribution < -0.4 is 5.32 Å². The molecule has 1 N–H and O–H groups in total.